The Morgan fingerprint density at radius 1 is 1.67 bits per heavy atom. The van der Waals surface area contributed by atoms with Crippen LogP contribution in [0.5, 0.6) is 0 Å². The molecule has 1 N–H and O–H groups in total. The summed E-state index contributed by atoms with van der Waals surface area (Å²) in [7, 11) is 2.04. The van der Waals surface area contributed by atoms with Crippen LogP contribution >= 0.6 is 11.3 Å². The van der Waals surface area contributed by atoms with E-state index in [1.54, 1.807) is 11.3 Å². The fourth-order valence-electron chi connectivity index (χ4n) is 1.74. The van der Waals surface area contributed by atoms with Gasteiger partial charge in [0, 0.05) is 31.4 Å². The Kier molecular flexibility index (Phi) is 3.38. The van der Waals surface area contributed by atoms with Crippen LogP contribution in [-0.2, 0) is 0 Å². The third-order valence-electron chi connectivity index (χ3n) is 2.63. The average molecular weight is 224 g/mol. The predicted molar refractivity (Wildman–Crippen MR) is 63.4 cm³/mol. The van der Waals surface area contributed by atoms with Gasteiger partial charge in [0.2, 0.25) is 0 Å². The average Bonchev–Trinajstić information content (AvgIpc) is 2.74. The first-order valence-corrected chi connectivity index (χ1v) is 6.11. The van der Waals surface area contributed by atoms with Crippen molar-refractivity contribution in [2.45, 2.75) is 18.9 Å². The molecule has 2 rings (SSSR count). The summed E-state index contributed by atoms with van der Waals surface area (Å²) < 4.78 is 0. The van der Waals surface area contributed by atoms with Crippen LogP contribution in [0.2, 0.25) is 0 Å². The molecule has 15 heavy (non-hydrogen) atoms. The van der Waals surface area contributed by atoms with E-state index in [1.165, 1.54) is 0 Å². The highest BCUT2D eigenvalue weighted by Gasteiger charge is 2.17. The number of rotatable bonds is 3. The van der Waals surface area contributed by atoms with Crippen LogP contribution in [-0.4, -0.2) is 36.0 Å². The molecule has 1 aromatic rings. The summed E-state index contributed by atoms with van der Waals surface area (Å²) in [5.74, 6) is 1.03. The molecule has 82 valence electrons. The number of hydrogen-bond donors (Lipinski definition) is 1. The minimum absolute atomic E-state index is 0.399. The lowest BCUT2D eigenvalue weighted by Crippen LogP contribution is -2.33. The van der Waals surface area contributed by atoms with Crippen molar-refractivity contribution in [3.8, 4) is 0 Å². The number of thiophene rings is 1. The van der Waals surface area contributed by atoms with Gasteiger partial charge in [0.15, 0.2) is 0 Å². The summed E-state index contributed by atoms with van der Waals surface area (Å²) in [4.78, 5) is 7.61. The normalized spacial score (nSPS) is 18.8. The first kappa shape index (κ1) is 10.6. The Balaban J connectivity index is 1.99. The van der Waals surface area contributed by atoms with Gasteiger partial charge in [-0.1, -0.05) is 6.07 Å². The lowest BCUT2D eigenvalue weighted by molar-refractivity contribution is 0.185. The predicted octanol–water partition coefficient (Wildman–Crippen LogP) is 1.91. The molecule has 0 saturated carbocycles. The zero-order chi connectivity index (χ0) is 10.7. The van der Waals surface area contributed by atoms with Crippen molar-refractivity contribution in [3.63, 3.8) is 0 Å². The van der Waals surface area contributed by atoms with Crippen molar-refractivity contribution in [1.29, 1.82) is 0 Å². The van der Waals surface area contributed by atoms with Crippen molar-refractivity contribution in [1.82, 2.24) is 4.90 Å². The molecule has 2 heterocycles. The third kappa shape index (κ3) is 2.58. The largest absolute Gasteiger partial charge is 0.387 e. The van der Waals surface area contributed by atoms with Crippen molar-refractivity contribution in [2.24, 2.45) is 4.99 Å². The maximum absolute atomic E-state index is 9.98. The number of nitrogens with zero attached hydrogens (tertiary/aromatic N) is 2. The van der Waals surface area contributed by atoms with E-state index in [9.17, 15) is 5.11 Å². The summed E-state index contributed by atoms with van der Waals surface area (Å²) in [6.07, 6.45) is 1.36. The quantitative estimate of drug-likeness (QED) is 0.851. The minimum Gasteiger partial charge on any atom is -0.387 e. The van der Waals surface area contributed by atoms with Gasteiger partial charge >= 0.3 is 0 Å². The minimum atomic E-state index is -0.399. The zero-order valence-electron chi connectivity index (χ0n) is 8.89. The summed E-state index contributed by atoms with van der Waals surface area (Å²) in [6.45, 7) is 1.95. The lowest BCUT2D eigenvalue weighted by Gasteiger charge is -2.26. The van der Waals surface area contributed by atoms with Gasteiger partial charge in [0.05, 0.1) is 6.10 Å². The maximum Gasteiger partial charge on any atom is 0.102 e. The van der Waals surface area contributed by atoms with E-state index in [2.05, 4.69) is 9.89 Å². The van der Waals surface area contributed by atoms with Crippen LogP contribution in [0, 0.1) is 0 Å². The van der Waals surface area contributed by atoms with Crippen molar-refractivity contribution >= 4 is 17.2 Å². The van der Waals surface area contributed by atoms with Crippen LogP contribution in [0.15, 0.2) is 22.5 Å². The molecule has 0 aliphatic carbocycles. The van der Waals surface area contributed by atoms with Gasteiger partial charge in [0.25, 0.3) is 0 Å². The topological polar surface area (TPSA) is 35.8 Å². The highest BCUT2D eigenvalue weighted by Crippen LogP contribution is 2.23. The SMILES string of the molecule is CN1CCCN=C1C[C@H](O)c1cccs1. The molecule has 1 aromatic heterocycles. The molecule has 0 saturated heterocycles. The zero-order valence-corrected chi connectivity index (χ0v) is 9.70. The Morgan fingerprint density at radius 3 is 3.20 bits per heavy atom. The molecule has 1 aliphatic rings. The molecule has 0 unspecified atom stereocenters. The molecule has 0 amide bonds. The Bertz CT molecular complexity index is 334. The second kappa shape index (κ2) is 4.77. The molecular formula is C11H16N2OS. The van der Waals surface area contributed by atoms with E-state index in [0.717, 1.165) is 30.2 Å². The third-order valence-corrected chi connectivity index (χ3v) is 3.61. The highest BCUT2D eigenvalue weighted by molar-refractivity contribution is 7.10. The van der Waals surface area contributed by atoms with Gasteiger partial charge in [0.1, 0.15) is 5.84 Å². The second-order valence-corrected chi connectivity index (χ2v) is 4.79. The summed E-state index contributed by atoms with van der Waals surface area (Å²) in [6, 6.07) is 3.94. The number of amidine groups is 1. The Hall–Kier alpha value is -0.870. The molecule has 4 heteroatoms. The van der Waals surface area contributed by atoms with Crippen LogP contribution in [0.4, 0.5) is 0 Å². The fourth-order valence-corrected chi connectivity index (χ4v) is 2.45. The first-order valence-electron chi connectivity index (χ1n) is 5.23. The summed E-state index contributed by atoms with van der Waals surface area (Å²) in [5, 5.41) is 12.0. The molecule has 0 fully saturated rings. The summed E-state index contributed by atoms with van der Waals surface area (Å²) >= 11 is 1.60. The highest BCUT2D eigenvalue weighted by atomic mass is 32.1. The lowest BCUT2D eigenvalue weighted by atomic mass is 10.1. The fraction of sp³-hybridized carbons (Fsp3) is 0.545. The van der Waals surface area contributed by atoms with Crippen molar-refractivity contribution in [3.05, 3.63) is 22.4 Å². The van der Waals surface area contributed by atoms with Crippen LogP contribution < -0.4 is 0 Å². The number of aliphatic hydroxyl groups is 1. The second-order valence-electron chi connectivity index (χ2n) is 3.81. The van der Waals surface area contributed by atoms with Crippen molar-refractivity contribution < 1.29 is 5.11 Å². The van der Waals surface area contributed by atoms with Crippen LogP contribution in [0.25, 0.3) is 0 Å². The van der Waals surface area contributed by atoms with Crippen molar-refractivity contribution in [2.75, 3.05) is 20.1 Å². The Labute approximate surface area is 94.1 Å². The molecule has 0 spiro atoms. The van der Waals surface area contributed by atoms with Gasteiger partial charge in [-0.15, -0.1) is 11.3 Å². The molecule has 0 bridgehead atoms. The molecule has 0 radical (unpaired) electrons. The van der Waals surface area contributed by atoms with Crippen LogP contribution in [0.1, 0.15) is 23.8 Å². The number of hydrogen-bond acceptors (Lipinski definition) is 4. The monoisotopic (exact) mass is 224 g/mol. The van der Waals surface area contributed by atoms with E-state index in [1.807, 2.05) is 24.6 Å². The Morgan fingerprint density at radius 2 is 2.53 bits per heavy atom. The van der Waals surface area contributed by atoms with E-state index >= 15 is 0 Å². The number of aliphatic hydroxyl groups excluding tert-OH is 1. The van der Waals surface area contributed by atoms with Gasteiger partial charge in [-0.05, 0) is 17.9 Å². The smallest absolute Gasteiger partial charge is 0.102 e. The number of aliphatic imine (C=N–C) groups is 1. The van der Waals surface area contributed by atoms with E-state index in [0.29, 0.717) is 6.42 Å². The van der Waals surface area contributed by atoms with E-state index in [-0.39, 0.29) is 0 Å². The summed E-state index contributed by atoms with van der Waals surface area (Å²) in [5.41, 5.74) is 0. The van der Waals surface area contributed by atoms with E-state index in [4.69, 9.17) is 0 Å². The first-order chi connectivity index (χ1) is 7.27. The van der Waals surface area contributed by atoms with Gasteiger partial charge < -0.3 is 10.0 Å². The van der Waals surface area contributed by atoms with Gasteiger partial charge in [-0.25, -0.2) is 0 Å². The van der Waals surface area contributed by atoms with E-state index < -0.39 is 6.10 Å². The molecule has 0 aromatic carbocycles. The van der Waals surface area contributed by atoms with Gasteiger partial charge in [-0.2, -0.15) is 0 Å². The molecule has 1 aliphatic heterocycles. The molecule has 3 nitrogen and oxygen atoms in total. The van der Waals surface area contributed by atoms with Gasteiger partial charge in [-0.3, -0.25) is 4.99 Å². The molecular weight excluding hydrogens is 208 g/mol. The van der Waals surface area contributed by atoms with Crippen LogP contribution in [0.3, 0.4) is 0 Å². The molecule has 1 atom stereocenters. The maximum atomic E-state index is 9.98. The standard InChI is InChI=1S/C11H16N2OS/c1-13-6-3-5-12-11(13)8-9(14)10-4-2-7-15-10/h2,4,7,9,14H,3,5-6,8H2,1H3/t9-/m0/s1.